The van der Waals surface area contributed by atoms with Gasteiger partial charge in [-0.3, -0.25) is 4.79 Å². The number of aromatic nitrogens is 4. The molecule has 28 heavy (non-hydrogen) atoms. The first-order chi connectivity index (χ1) is 13.5. The lowest BCUT2D eigenvalue weighted by atomic mass is 10.1. The molecular formula is C19H16BrN5O2S. The number of anilines is 1. The number of halogens is 1. The highest BCUT2D eigenvalue weighted by atomic mass is 79.9. The van der Waals surface area contributed by atoms with Gasteiger partial charge in [0, 0.05) is 15.7 Å². The van der Waals surface area contributed by atoms with Crippen LogP contribution in [0.5, 0.6) is 5.75 Å². The molecule has 0 fully saturated rings. The Balaban J connectivity index is 1.64. The van der Waals surface area contributed by atoms with E-state index in [0.29, 0.717) is 17.0 Å². The van der Waals surface area contributed by atoms with Crippen molar-refractivity contribution in [3.63, 3.8) is 0 Å². The van der Waals surface area contributed by atoms with Crippen LogP contribution in [0.2, 0.25) is 0 Å². The van der Waals surface area contributed by atoms with Crippen LogP contribution in [0.15, 0.2) is 40.9 Å². The van der Waals surface area contributed by atoms with E-state index in [9.17, 15) is 4.79 Å². The van der Waals surface area contributed by atoms with Crippen molar-refractivity contribution in [3.05, 3.63) is 57.8 Å². The van der Waals surface area contributed by atoms with Crippen LogP contribution >= 0.6 is 27.3 Å². The summed E-state index contributed by atoms with van der Waals surface area (Å²) in [6, 6.07) is 11.2. The molecule has 0 saturated carbocycles. The summed E-state index contributed by atoms with van der Waals surface area (Å²) in [5.74, 6) is 1.05. The molecule has 4 rings (SSSR count). The summed E-state index contributed by atoms with van der Waals surface area (Å²) in [4.78, 5) is 13.6. The molecule has 0 unspecified atom stereocenters. The first kappa shape index (κ1) is 18.6. The Morgan fingerprint density at radius 2 is 2.04 bits per heavy atom. The zero-order chi connectivity index (χ0) is 19.8. The quantitative estimate of drug-likeness (QED) is 0.487. The van der Waals surface area contributed by atoms with E-state index in [0.717, 1.165) is 31.4 Å². The highest BCUT2D eigenvalue weighted by Gasteiger charge is 2.17. The van der Waals surface area contributed by atoms with E-state index in [-0.39, 0.29) is 5.91 Å². The normalized spacial score (nSPS) is 11.0. The first-order valence-electron chi connectivity index (χ1n) is 8.41. The van der Waals surface area contributed by atoms with Crippen molar-refractivity contribution in [1.82, 2.24) is 19.8 Å². The summed E-state index contributed by atoms with van der Waals surface area (Å²) in [5.41, 5.74) is 2.91. The number of rotatable bonds is 4. The lowest BCUT2D eigenvalue weighted by Gasteiger charge is -2.13. The Labute approximate surface area is 173 Å². The monoisotopic (exact) mass is 457 g/mol. The maximum atomic E-state index is 12.8. The van der Waals surface area contributed by atoms with Crippen LogP contribution in [-0.4, -0.2) is 32.8 Å². The molecule has 2 aromatic carbocycles. The van der Waals surface area contributed by atoms with Crippen molar-refractivity contribution in [2.75, 3.05) is 12.4 Å². The van der Waals surface area contributed by atoms with E-state index >= 15 is 0 Å². The van der Waals surface area contributed by atoms with Gasteiger partial charge in [-0.1, -0.05) is 39.4 Å². The van der Waals surface area contributed by atoms with Crippen molar-refractivity contribution < 1.29 is 9.53 Å². The maximum absolute atomic E-state index is 12.8. The lowest BCUT2D eigenvalue weighted by Crippen LogP contribution is -2.14. The van der Waals surface area contributed by atoms with E-state index in [1.807, 2.05) is 44.2 Å². The van der Waals surface area contributed by atoms with Crippen molar-refractivity contribution in [2.45, 2.75) is 13.8 Å². The highest BCUT2D eigenvalue weighted by molar-refractivity contribution is 9.10. The van der Waals surface area contributed by atoms with Crippen LogP contribution < -0.4 is 10.1 Å². The minimum absolute atomic E-state index is 0.243. The summed E-state index contributed by atoms with van der Waals surface area (Å²) in [5, 5.41) is 16.4. The van der Waals surface area contributed by atoms with E-state index in [1.165, 1.54) is 11.3 Å². The predicted octanol–water partition coefficient (Wildman–Crippen LogP) is 4.49. The average molecular weight is 458 g/mol. The van der Waals surface area contributed by atoms with Crippen LogP contribution in [0.3, 0.4) is 0 Å². The fourth-order valence-corrected chi connectivity index (χ4v) is 4.38. The Morgan fingerprint density at radius 3 is 2.79 bits per heavy atom. The summed E-state index contributed by atoms with van der Waals surface area (Å²) < 4.78 is 7.94. The van der Waals surface area contributed by atoms with E-state index < -0.39 is 0 Å². The van der Waals surface area contributed by atoms with Gasteiger partial charge >= 0.3 is 0 Å². The number of nitrogens with one attached hydrogen (secondary N) is 1. The van der Waals surface area contributed by atoms with Crippen molar-refractivity contribution in [2.24, 2.45) is 0 Å². The standard InChI is InChI=1S/C19H16BrN5O2S/c1-10-7-13(20)9-15(16(10)27-3)17(26)21-14-6-4-5-12(8-14)18-24-25-11(2)22-23-19(25)28-18/h4-9H,1-3H3,(H,21,26). The van der Waals surface area contributed by atoms with Gasteiger partial charge in [0.2, 0.25) is 4.96 Å². The lowest BCUT2D eigenvalue weighted by molar-refractivity contribution is 0.102. The smallest absolute Gasteiger partial charge is 0.259 e. The zero-order valence-electron chi connectivity index (χ0n) is 15.4. The van der Waals surface area contributed by atoms with Crippen LogP contribution in [0, 0.1) is 13.8 Å². The van der Waals surface area contributed by atoms with Crippen LogP contribution in [0.4, 0.5) is 5.69 Å². The number of aryl methyl sites for hydroxylation is 2. The molecule has 2 heterocycles. The molecule has 1 amide bonds. The zero-order valence-corrected chi connectivity index (χ0v) is 17.8. The summed E-state index contributed by atoms with van der Waals surface area (Å²) >= 11 is 4.88. The van der Waals surface area contributed by atoms with Gasteiger partial charge in [0.15, 0.2) is 5.82 Å². The van der Waals surface area contributed by atoms with Crippen molar-refractivity contribution >= 4 is 43.8 Å². The number of benzene rings is 2. The molecular weight excluding hydrogens is 442 g/mol. The Morgan fingerprint density at radius 1 is 1.21 bits per heavy atom. The Bertz CT molecular complexity index is 1200. The molecule has 0 atom stereocenters. The number of nitrogens with zero attached hydrogens (tertiary/aromatic N) is 4. The average Bonchev–Trinajstić information content (AvgIpc) is 3.24. The molecule has 9 heteroatoms. The number of hydrogen-bond donors (Lipinski definition) is 1. The molecule has 0 aliphatic carbocycles. The number of carbonyl (C=O) groups excluding carboxylic acids is 1. The Kier molecular flexibility index (Phi) is 4.86. The predicted molar refractivity (Wildman–Crippen MR) is 112 cm³/mol. The van der Waals surface area contributed by atoms with Crippen LogP contribution in [0.1, 0.15) is 21.7 Å². The second kappa shape index (κ2) is 7.33. The fraction of sp³-hybridized carbons (Fsp3) is 0.158. The van der Waals surface area contributed by atoms with Crippen LogP contribution in [0.25, 0.3) is 15.5 Å². The fourth-order valence-electron chi connectivity index (χ4n) is 2.93. The van der Waals surface area contributed by atoms with Crippen molar-refractivity contribution in [1.29, 1.82) is 0 Å². The minimum Gasteiger partial charge on any atom is -0.496 e. The van der Waals surface area contributed by atoms with Gasteiger partial charge in [-0.15, -0.1) is 10.2 Å². The molecule has 142 valence electrons. The molecule has 1 N–H and O–H groups in total. The summed E-state index contributed by atoms with van der Waals surface area (Å²) in [6.07, 6.45) is 0. The van der Waals surface area contributed by atoms with Gasteiger partial charge in [0.1, 0.15) is 10.8 Å². The first-order valence-corrected chi connectivity index (χ1v) is 10.0. The van der Waals surface area contributed by atoms with Gasteiger partial charge in [-0.05, 0) is 43.7 Å². The van der Waals surface area contributed by atoms with Gasteiger partial charge in [0.05, 0.1) is 12.7 Å². The minimum atomic E-state index is -0.243. The number of hydrogen-bond acceptors (Lipinski definition) is 6. The van der Waals surface area contributed by atoms with Crippen LogP contribution in [-0.2, 0) is 0 Å². The highest BCUT2D eigenvalue weighted by Crippen LogP contribution is 2.30. The van der Waals surface area contributed by atoms with E-state index in [1.54, 1.807) is 17.7 Å². The number of methoxy groups -OCH3 is 1. The van der Waals surface area contributed by atoms with Gasteiger partial charge < -0.3 is 10.1 Å². The van der Waals surface area contributed by atoms with Gasteiger partial charge in [-0.25, -0.2) is 0 Å². The summed E-state index contributed by atoms with van der Waals surface area (Å²) in [7, 11) is 1.56. The third kappa shape index (κ3) is 3.38. The van der Waals surface area contributed by atoms with Gasteiger partial charge in [0.25, 0.3) is 5.91 Å². The number of amides is 1. The molecule has 0 saturated heterocycles. The molecule has 7 nitrogen and oxygen atoms in total. The van der Waals surface area contributed by atoms with Crippen molar-refractivity contribution in [3.8, 4) is 16.3 Å². The second-order valence-corrected chi connectivity index (χ2v) is 8.06. The third-order valence-electron chi connectivity index (χ3n) is 4.20. The number of ether oxygens (including phenoxy) is 1. The van der Waals surface area contributed by atoms with Gasteiger partial charge in [-0.2, -0.15) is 9.61 Å². The SMILES string of the molecule is COc1c(C)cc(Br)cc1C(=O)Nc1cccc(-c2nn3c(C)nnc3s2)c1. The number of fused-ring (bicyclic) bond motifs is 1. The molecule has 0 aliphatic rings. The maximum Gasteiger partial charge on any atom is 0.259 e. The topological polar surface area (TPSA) is 81.4 Å². The Hall–Kier alpha value is -2.78. The molecule has 4 aromatic rings. The third-order valence-corrected chi connectivity index (χ3v) is 5.61. The molecule has 0 radical (unpaired) electrons. The second-order valence-electron chi connectivity index (χ2n) is 6.19. The molecule has 0 bridgehead atoms. The molecule has 0 spiro atoms. The van der Waals surface area contributed by atoms with E-state index in [2.05, 4.69) is 36.5 Å². The molecule has 2 aromatic heterocycles. The summed E-state index contributed by atoms with van der Waals surface area (Å²) in [6.45, 7) is 3.75. The number of carbonyl (C=O) groups is 1. The van der Waals surface area contributed by atoms with E-state index in [4.69, 9.17) is 4.74 Å². The largest absolute Gasteiger partial charge is 0.496 e. The molecule has 0 aliphatic heterocycles.